The Morgan fingerprint density at radius 2 is 1.83 bits per heavy atom. The average Bonchev–Trinajstić information content (AvgIpc) is 3.59. The van der Waals surface area contributed by atoms with Crippen molar-refractivity contribution >= 4 is 39.2 Å². The summed E-state index contributed by atoms with van der Waals surface area (Å²) < 4.78 is 41.2. The first-order valence-electron chi connectivity index (χ1n) is 12.5. The molecule has 1 aromatic carbocycles. The summed E-state index contributed by atoms with van der Waals surface area (Å²) in [5, 5.41) is 23.1. The maximum absolute atomic E-state index is 12.4. The monoisotopic (exact) mass is 584 g/mol. The maximum atomic E-state index is 12.4. The molecule has 4 heterocycles. The van der Waals surface area contributed by atoms with Gasteiger partial charge in [0.05, 0.1) is 18.5 Å². The Bertz CT molecular complexity index is 1500. The van der Waals surface area contributed by atoms with Gasteiger partial charge in [0.2, 0.25) is 22.1 Å². The van der Waals surface area contributed by atoms with Crippen LogP contribution in [0.2, 0.25) is 0 Å². The summed E-state index contributed by atoms with van der Waals surface area (Å²) in [5.74, 6) is -0.770. The van der Waals surface area contributed by atoms with Gasteiger partial charge in [-0.25, -0.2) is 0 Å². The highest BCUT2D eigenvalue weighted by molar-refractivity contribution is 7.19. The van der Waals surface area contributed by atoms with Gasteiger partial charge < -0.3 is 20.3 Å². The molecule has 4 aromatic rings. The number of aromatic nitrogens is 5. The van der Waals surface area contributed by atoms with Crippen molar-refractivity contribution in [1.82, 2.24) is 25.4 Å². The van der Waals surface area contributed by atoms with Crippen LogP contribution in [0.1, 0.15) is 29.3 Å². The fourth-order valence-electron chi connectivity index (χ4n) is 4.25. The van der Waals surface area contributed by atoms with Crippen molar-refractivity contribution in [2.45, 2.75) is 31.5 Å². The number of halogens is 3. The normalized spacial score (nSPS) is 15.0. The van der Waals surface area contributed by atoms with Crippen molar-refractivity contribution < 1.29 is 27.5 Å². The van der Waals surface area contributed by atoms with E-state index in [0.717, 1.165) is 30.8 Å². The van der Waals surface area contributed by atoms with Crippen LogP contribution in [0.4, 0.5) is 29.3 Å². The predicted molar refractivity (Wildman–Crippen MR) is 144 cm³/mol. The zero-order valence-corrected chi connectivity index (χ0v) is 22.2. The maximum Gasteiger partial charge on any atom is 0.573 e. The van der Waals surface area contributed by atoms with Crippen molar-refractivity contribution in [3.8, 4) is 5.75 Å². The number of nitrogens with one attached hydrogen (secondary N) is 2. The molecule has 2 amide bonds. The Labute approximate surface area is 235 Å². The molecule has 11 nitrogen and oxygen atoms in total. The lowest BCUT2D eigenvalue weighted by Gasteiger charge is -2.14. The molecule has 212 valence electrons. The molecule has 0 saturated carbocycles. The molecule has 41 heavy (non-hydrogen) atoms. The van der Waals surface area contributed by atoms with Crippen molar-refractivity contribution in [3.05, 3.63) is 77.7 Å². The summed E-state index contributed by atoms with van der Waals surface area (Å²) in [7, 11) is 0. The van der Waals surface area contributed by atoms with Crippen LogP contribution in [0, 0.1) is 0 Å². The van der Waals surface area contributed by atoms with Gasteiger partial charge in [-0.15, -0.1) is 28.5 Å². The highest BCUT2D eigenvalue weighted by atomic mass is 32.1. The third-order valence-corrected chi connectivity index (χ3v) is 6.95. The van der Waals surface area contributed by atoms with E-state index in [9.17, 15) is 22.8 Å². The number of anilines is 3. The number of ether oxygens (including phenoxy) is 1. The van der Waals surface area contributed by atoms with E-state index in [1.54, 1.807) is 30.5 Å². The lowest BCUT2D eigenvalue weighted by molar-refractivity contribution is -0.274. The number of alkyl halides is 3. The summed E-state index contributed by atoms with van der Waals surface area (Å²) in [6, 6.07) is 14.0. The Morgan fingerprint density at radius 1 is 0.976 bits per heavy atom. The van der Waals surface area contributed by atoms with Gasteiger partial charge in [0.25, 0.3) is 0 Å². The Balaban J connectivity index is 1.11. The minimum Gasteiger partial charge on any atom is -0.406 e. The van der Waals surface area contributed by atoms with Crippen molar-refractivity contribution in [2.75, 3.05) is 28.6 Å². The van der Waals surface area contributed by atoms with E-state index in [-0.39, 0.29) is 30.5 Å². The number of benzene rings is 1. The first-order chi connectivity index (χ1) is 19.7. The molecule has 1 aliphatic rings. The molecule has 15 heteroatoms. The molecule has 0 spiro atoms. The summed E-state index contributed by atoms with van der Waals surface area (Å²) in [5.41, 5.74) is 1.76. The van der Waals surface area contributed by atoms with Gasteiger partial charge in [0.15, 0.2) is 5.82 Å². The second-order valence-corrected chi connectivity index (χ2v) is 10.1. The SMILES string of the molecule is O=C(Cc1cccc(OC(F)(F)F)c1)Nc1ccc(C2CCN(c3nnc(NC(=O)Cc4ccccn4)s3)C2)nn1. The molecule has 2 N–H and O–H groups in total. The minimum atomic E-state index is -4.81. The minimum absolute atomic E-state index is 0.0784. The summed E-state index contributed by atoms with van der Waals surface area (Å²) in [6.45, 7) is 1.35. The standard InChI is InChI=1S/C26H23F3N8O3S/c27-26(28,29)40-19-6-3-4-16(12-19)13-22(38)31-21-8-7-20(33-34-21)17-9-11-37(15-17)25-36-35-24(41-25)32-23(39)14-18-5-1-2-10-30-18/h1-8,10,12,17H,9,11,13-15H2,(H,31,34,38)(H,32,35,39). The van der Waals surface area contributed by atoms with E-state index in [1.807, 2.05) is 6.07 Å². The van der Waals surface area contributed by atoms with Crippen LogP contribution < -0.4 is 20.3 Å². The smallest absolute Gasteiger partial charge is 0.406 e. The zero-order chi connectivity index (χ0) is 28.8. The molecule has 0 aliphatic carbocycles. The van der Waals surface area contributed by atoms with Crippen molar-refractivity contribution in [2.24, 2.45) is 0 Å². The van der Waals surface area contributed by atoms with Crippen LogP contribution >= 0.6 is 11.3 Å². The lowest BCUT2D eigenvalue weighted by Crippen LogP contribution is -2.19. The molecular formula is C26H23F3N8O3S. The Kier molecular flexibility index (Phi) is 8.33. The van der Waals surface area contributed by atoms with Crippen LogP contribution in [0.25, 0.3) is 0 Å². The molecule has 1 unspecified atom stereocenters. The fraction of sp³-hybridized carbons (Fsp3) is 0.269. The highest BCUT2D eigenvalue weighted by Crippen LogP contribution is 2.33. The van der Waals surface area contributed by atoms with Gasteiger partial charge in [-0.05, 0) is 48.4 Å². The fourth-order valence-corrected chi connectivity index (χ4v) is 5.05. The third-order valence-electron chi connectivity index (χ3n) is 6.05. The number of pyridine rings is 1. The number of amides is 2. The van der Waals surface area contributed by atoms with E-state index < -0.39 is 18.0 Å². The van der Waals surface area contributed by atoms with Gasteiger partial charge in [-0.2, -0.15) is 5.10 Å². The molecule has 3 aromatic heterocycles. The number of rotatable bonds is 9. The Hall–Kier alpha value is -4.66. The number of hydrogen-bond acceptors (Lipinski definition) is 10. The first-order valence-corrected chi connectivity index (χ1v) is 13.3. The van der Waals surface area contributed by atoms with Gasteiger partial charge in [-0.1, -0.05) is 29.5 Å². The van der Waals surface area contributed by atoms with Crippen molar-refractivity contribution in [3.63, 3.8) is 0 Å². The molecule has 1 fully saturated rings. The second-order valence-electron chi connectivity index (χ2n) is 9.13. The van der Waals surface area contributed by atoms with E-state index in [0.29, 0.717) is 28.1 Å². The molecule has 0 radical (unpaired) electrons. The number of carbonyl (C=O) groups is 2. The molecule has 5 rings (SSSR count). The van der Waals surface area contributed by atoms with E-state index >= 15 is 0 Å². The lowest BCUT2D eigenvalue weighted by atomic mass is 10.1. The zero-order valence-electron chi connectivity index (χ0n) is 21.3. The summed E-state index contributed by atoms with van der Waals surface area (Å²) in [4.78, 5) is 30.9. The second kappa shape index (κ2) is 12.2. The van der Waals surface area contributed by atoms with Crippen LogP contribution in [0.15, 0.2) is 60.8 Å². The van der Waals surface area contributed by atoms with Crippen molar-refractivity contribution in [1.29, 1.82) is 0 Å². The summed E-state index contributed by atoms with van der Waals surface area (Å²) >= 11 is 1.28. The largest absolute Gasteiger partial charge is 0.573 e. The quantitative estimate of drug-likeness (QED) is 0.300. The third kappa shape index (κ3) is 7.94. The number of nitrogens with zero attached hydrogens (tertiary/aromatic N) is 6. The van der Waals surface area contributed by atoms with Crippen LogP contribution in [-0.4, -0.2) is 56.6 Å². The molecule has 1 saturated heterocycles. The van der Waals surface area contributed by atoms with Gasteiger partial charge >= 0.3 is 6.36 Å². The van der Waals surface area contributed by atoms with Crippen LogP contribution in [0.3, 0.4) is 0 Å². The van der Waals surface area contributed by atoms with Gasteiger partial charge in [0, 0.05) is 30.9 Å². The average molecular weight is 585 g/mol. The molecule has 1 atom stereocenters. The predicted octanol–water partition coefficient (Wildman–Crippen LogP) is 3.98. The molecule has 0 bridgehead atoms. The topological polar surface area (TPSA) is 135 Å². The van der Waals surface area contributed by atoms with Crippen LogP contribution in [-0.2, 0) is 22.4 Å². The van der Waals surface area contributed by atoms with Crippen LogP contribution in [0.5, 0.6) is 5.75 Å². The van der Waals surface area contributed by atoms with E-state index in [2.05, 4.69) is 45.6 Å². The first kappa shape index (κ1) is 27.9. The van der Waals surface area contributed by atoms with Gasteiger partial charge in [-0.3, -0.25) is 14.6 Å². The van der Waals surface area contributed by atoms with E-state index in [4.69, 9.17) is 0 Å². The highest BCUT2D eigenvalue weighted by Gasteiger charge is 2.31. The Morgan fingerprint density at radius 3 is 2.59 bits per heavy atom. The van der Waals surface area contributed by atoms with Gasteiger partial charge in [0.1, 0.15) is 5.75 Å². The molecular weight excluding hydrogens is 561 g/mol. The number of hydrogen-bond donors (Lipinski definition) is 2. The molecule has 1 aliphatic heterocycles. The number of carbonyl (C=O) groups excluding carboxylic acids is 2. The summed E-state index contributed by atoms with van der Waals surface area (Å²) in [6.07, 6.45) is -2.40. The van der Waals surface area contributed by atoms with E-state index in [1.165, 1.54) is 23.5 Å².